The van der Waals surface area contributed by atoms with Crippen LogP contribution in [0.2, 0.25) is 0 Å². The largest absolute Gasteiger partial charge is 0.389 e. The topological polar surface area (TPSA) is 42.1 Å². The van der Waals surface area contributed by atoms with Crippen molar-refractivity contribution in [2.45, 2.75) is 38.6 Å². The summed E-state index contributed by atoms with van der Waals surface area (Å²) >= 11 is 5.01. The van der Waals surface area contributed by atoms with Gasteiger partial charge in [-0.3, -0.25) is 0 Å². The minimum atomic E-state index is 0.435. The maximum atomic E-state index is 5.66. The molecule has 0 atom stereocenters. The number of aromatic nitrogens is 1. The molecule has 0 radical (unpaired) electrons. The fraction of sp³-hybridized carbons (Fsp3) is 0.571. The van der Waals surface area contributed by atoms with Crippen molar-refractivity contribution in [3.05, 3.63) is 23.9 Å². The molecule has 1 aliphatic rings. The van der Waals surface area contributed by atoms with E-state index in [2.05, 4.69) is 23.9 Å². The molecular weight excluding hydrogens is 242 g/mol. The minimum absolute atomic E-state index is 0.435. The summed E-state index contributed by atoms with van der Waals surface area (Å²) in [4.78, 5) is 7.13. The van der Waals surface area contributed by atoms with Gasteiger partial charge in [0.25, 0.3) is 0 Å². The molecule has 98 valence electrons. The highest BCUT2D eigenvalue weighted by Crippen LogP contribution is 2.28. The average Bonchev–Trinajstić information content (AvgIpc) is 2.39. The molecule has 18 heavy (non-hydrogen) atoms. The highest BCUT2D eigenvalue weighted by atomic mass is 32.1. The van der Waals surface area contributed by atoms with Crippen LogP contribution in [0.15, 0.2) is 18.3 Å². The van der Waals surface area contributed by atoms with Crippen LogP contribution in [-0.4, -0.2) is 23.1 Å². The van der Waals surface area contributed by atoms with E-state index in [-0.39, 0.29) is 0 Å². The lowest BCUT2D eigenvalue weighted by atomic mass is 9.87. The first kappa shape index (κ1) is 13.3. The molecule has 3 nitrogen and oxygen atoms in total. The molecule has 4 heteroatoms. The number of hydrogen-bond donors (Lipinski definition) is 1. The van der Waals surface area contributed by atoms with E-state index in [4.69, 9.17) is 18.0 Å². The van der Waals surface area contributed by atoms with E-state index in [0.717, 1.165) is 17.3 Å². The SMILES string of the molecule is CC1CCC(N(C)c2cc(C(N)=S)ccn2)CC1. The van der Waals surface area contributed by atoms with E-state index < -0.39 is 0 Å². The standard InChI is InChI=1S/C14H21N3S/c1-10-3-5-12(6-4-10)17(2)13-9-11(14(15)18)7-8-16-13/h7-10,12H,3-6H2,1-2H3,(H2,15,18). The van der Waals surface area contributed by atoms with Crippen LogP contribution in [0.5, 0.6) is 0 Å². The fourth-order valence-electron chi connectivity index (χ4n) is 2.58. The molecule has 0 bridgehead atoms. The van der Waals surface area contributed by atoms with Crippen molar-refractivity contribution >= 4 is 23.0 Å². The Morgan fingerprint density at radius 3 is 2.67 bits per heavy atom. The summed E-state index contributed by atoms with van der Waals surface area (Å²) in [6.45, 7) is 2.34. The number of anilines is 1. The number of hydrogen-bond acceptors (Lipinski definition) is 3. The molecule has 0 aliphatic heterocycles. The van der Waals surface area contributed by atoms with E-state index >= 15 is 0 Å². The summed E-state index contributed by atoms with van der Waals surface area (Å²) in [7, 11) is 2.12. The first-order chi connectivity index (χ1) is 8.58. The lowest BCUT2D eigenvalue weighted by Gasteiger charge is -2.34. The number of rotatable bonds is 3. The summed E-state index contributed by atoms with van der Waals surface area (Å²) in [5, 5.41) is 0. The zero-order valence-corrected chi connectivity index (χ0v) is 11.9. The van der Waals surface area contributed by atoms with Crippen LogP contribution >= 0.6 is 12.2 Å². The van der Waals surface area contributed by atoms with Crippen molar-refractivity contribution in [3.63, 3.8) is 0 Å². The van der Waals surface area contributed by atoms with Crippen molar-refractivity contribution in [2.24, 2.45) is 11.7 Å². The van der Waals surface area contributed by atoms with Gasteiger partial charge in [-0.1, -0.05) is 19.1 Å². The van der Waals surface area contributed by atoms with Gasteiger partial charge in [0.05, 0.1) is 0 Å². The third-order valence-electron chi connectivity index (χ3n) is 3.92. The van der Waals surface area contributed by atoms with Crippen molar-refractivity contribution in [1.82, 2.24) is 4.98 Å². The molecule has 2 N–H and O–H groups in total. The molecule has 0 saturated heterocycles. The molecule has 1 aliphatic carbocycles. The maximum Gasteiger partial charge on any atom is 0.129 e. The second kappa shape index (κ2) is 5.65. The van der Waals surface area contributed by atoms with Crippen LogP contribution in [0.25, 0.3) is 0 Å². The molecule has 0 spiro atoms. The summed E-state index contributed by atoms with van der Waals surface area (Å²) < 4.78 is 0. The van der Waals surface area contributed by atoms with Gasteiger partial charge in [0.1, 0.15) is 10.8 Å². The van der Waals surface area contributed by atoms with Gasteiger partial charge in [-0.25, -0.2) is 4.98 Å². The lowest BCUT2D eigenvalue weighted by molar-refractivity contribution is 0.340. The van der Waals surface area contributed by atoms with Gasteiger partial charge in [0.2, 0.25) is 0 Å². The highest BCUT2D eigenvalue weighted by Gasteiger charge is 2.22. The molecule has 1 heterocycles. The van der Waals surface area contributed by atoms with Crippen LogP contribution in [0.1, 0.15) is 38.2 Å². The molecule has 0 unspecified atom stereocenters. The molecule has 1 aromatic heterocycles. The predicted octanol–water partition coefficient (Wildman–Crippen LogP) is 2.73. The Hall–Kier alpha value is -1.16. The zero-order chi connectivity index (χ0) is 13.1. The normalized spacial score (nSPS) is 23.7. The van der Waals surface area contributed by atoms with Gasteiger partial charge in [-0.15, -0.1) is 0 Å². The molecule has 0 aromatic carbocycles. The van der Waals surface area contributed by atoms with Crippen LogP contribution in [-0.2, 0) is 0 Å². The van der Waals surface area contributed by atoms with Gasteiger partial charge in [-0.2, -0.15) is 0 Å². The Balaban J connectivity index is 2.10. The Kier molecular flexibility index (Phi) is 4.17. The number of thiocarbonyl (C=S) groups is 1. The van der Waals surface area contributed by atoms with Crippen LogP contribution in [0.3, 0.4) is 0 Å². The van der Waals surface area contributed by atoms with E-state index in [1.165, 1.54) is 25.7 Å². The third kappa shape index (κ3) is 2.99. The Labute approximate surface area is 114 Å². The molecule has 1 saturated carbocycles. The summed E-state index contributed by atoms with van der Waals surface area (Å²) in [5.41, 5.74) is 6.56. The number of nitrogens with zero attached hydrogens (tertiary/aromatic N) is 2. The van der Waals surface area contributed by atoms with Crippen molar-refractivity contribution < 1.29 is 0 Å². The highest BCUT2D eigenvalue weighted by molar-refractivity contribution is 7.80. The predicted molar refractivity (Wildman–Crippen MR) is 79.9 cm³/mol. The first-order valence-electron chi connectivity index (χ1n) is 6.56. The molecule has 1 aromatic rings. The fourth-order valence-corrected chi connectivity index (χ4v) is 2.71. The minimum Gasteiger partial charge on any atom is -0.389 e. The second-order valence-electron chi connectivity index (χ2n) is 5.29. The summed E-state index contributed by atoms with van der Waals surface area (Å²) in [5.74, 6) is 1.84. The zero-order valence-electron chi connectivity index (χ0n) is 11.1. The lowest BCUT2D eigenvalue weighted by Crippen LogP contribution is -2.35. The van der Waals surface area contributed by atoms with Gasteiger partial charge in [-0.05, 0) is 43.7 Å². The van der Waals surface area contributed by atoms with E-state index in [0.29, 0.717) is 11.0 Å². The van der Waals surface area contributed by atoms with E-state index in [1.807, 2.05) is 12.1 Å². The maximum absolute atomic E-state index is 5.66. The molecular formula is C14H21N3S. The van der Waals surface area contributed by atoms with Crippen LogP contribution in [0.4, 0.5) is 5.82 Å². The third-order valence-corrected chi connectivity index (χ3v) is 4.16. The smallest absolute Gasteiger partial charge is 0.129 e. The van der Waals surface area contributed by atoms with Gasteiger partial charge >= 0.3 is 0 Å². The summed E-state index contributed by atoms with van der Waals surface area (Å²) in [6.07, 6.45) is 6.90. The molecule has 1 fully saturated rings. The van der Waals surface area contributed by atoms with E-state index in [1.54, 1.807) is 6.20 Å². The Morgan fingerprint density at radius 2 is 2.06 bits per heavy atom. The quantitative estimate of drug-likeness (QED) is 0.852. The van der Waals surface area contributed by atoms with Crippen LogP contribution in [0, 0.1) is 5.92 Å². The average molecular weight is 263 g/mol. The van der Waals surface area contributed by atoms with Crippen molar-refractivity contribution in [3.8, 4) is 0 Å². The van der Waals surface area contributed by atoms with Crippen molar-refractivity contribution in [1.29, 1.82) is 0 Å². The molecule has 2 rings (SSSR count). The number of pyridine rings is 1. The summed E-state index contributed by atoms with van der Waals surface area (Å²) in [6, 6.07) is 4.44. The van der Waals surface area contributed by atoms with Crippen LogP contribution < -0.4 is 10.6 Å². The van der Waals surface area contributed by atoms with Crippen molar-refractivity contribution in [2.75, 3.05) is 11.9 Å². The van der Waals surface area contributed by atoms with Gasteiger partial charge in [0, 0.05) is 24.8 Å². The Bertz CT molecular complexity index is 425. The van der Waals surface area contributed by atoms with Gasteiger partial charge in [0.15, 0.2) is 0 Å². The van der Waals surface area contributed by atoms with Gasteiger partial charge < -0.3 is 10.6 Å². The van der Waals surface area contributed by atoms with E-state index in [9.17, 15) is 0 Å². The second-order valence-corrected chi connectivity index (χ2v) is 5.73. The Morgan fingerprint density at radius 1 is 1.39 bits per heavy atom. The monoisotopic (exact) mass is 263 g/mol. The first-order valence-corrected chi connectivity index (χ1v) is 6.97. The number of nitrogens with two attached hydrogens (primary N) is 1. The molecule has 0 amide bonds.